The Balaban J connectivity index is 2.20. The number of non-ortho nitro benzene ring substituents is 1. The Kier molecular flexibility index (Phi) is 4.31. The van der Waals surface area contributed by atoms with Crippen molar-refractivity contribution >= 4 is 17.3 Å². The Labute approximate surface area is 125 Å². The summed E-state index contributed by atoms with van der Waals surface area (Å²) in [4.78, 5) is 33.7. The van der Waals surface area contributed by atoms with E-state index in [1.165, 1.54) is 41.1 Å². The van der Waals surface area contributed by atoms with Crippen molar-refractivity contribution < 1.29 is 9.72 Å². The van der Waals surface area contributed by atoms with Crippen LogP contribution in [0.25, 0.3) is 0 Å². The molecule has 1 heterocycles. The smallest absolute Gasteiger partial charge is 0.276 e. The maximum atomic E-state index is 12.1. The van der Waals surface area contributed by atoms with Crippen LogP contribution in [-0.4, -0.2) is 20.6 Å². The number of nitrogens with zero attached hydrogens (tertiary/aromatic N) is 3. The molecule has 0 fully saturated rings. The average Bonchev–Trinajstić information content (AvgIpc) is 2.47. The highest BCUT2D eigenvalue weighted by atomic mass is 16.6. The van der Waals surface area contributed by atoms with Gasteiger partial charge in [-0.15, -0.1) is 0 Å². The first-order chi connectivity index (χ1) is 10.4. The van der Waals surface area contributed by atoms with Crippen LogP contribution in [0.1, 0.15) is 30.4 Å². The number of hydrogen-bond acceptors (Lipinski definition) is 5. The number of nitro benzene ring substituents is 1. The van der Waals surface area contributed by atoms with Crippen LogP contribution in [0, 0.1) is 10.1 Å². The second-order valence-corrected chi connectivity index (χ2v) is 4.85. The third-order valence-corrected chi connectivity index (χ3v) is 2.88. The Morgan fingerprint density at radius 1 is 1.23 bits per heavy atom. The van der Waals surface area contributed by atoms with Gasteiger partial charge in [-0.25, -0.2) is 4.68 Å². The van der Waals surface area contributed by atoms with Gasteiger partial charge in [0, 0.05) is 23.9 Å². The van der Waals surface area contributed by atoms with Crippen LogP contribution in [0.3, 0.4) is 0 Å². The van der Waals surface area contributed by atoms with Crippen LogP contribution < -0.4 is 10.9 Å². The van der Waals surface area contributed by atoms with E-state index in [0.29, 0.717) is 5.69 Å². The lowest BCUT2D eigenvalue weighted by Crippen LogP contribution is -2.27. The summed E-state index contributed by atoms with van der Waals surface area (Å²) in [7, 11) is 0. The third-order valence-electron chi connectivity index (χ3n) is 2.88. The average molecular weight is 302 g/mol. The molecule has 0 aliphatic carbocycles. The minimum absolute atomic E-state index is 0.0653. The van der Waals surface area contributed by atoms with Gasteiger partial charge in [0.25, 0.3) is 17.2 Å². The molecule has 8 heteroatoms. The number of nitrogens with one attached hydrogen (secondary N) is 1. The largest absolute Gasteiger partial charge is 0.321 e. The lowest BCUT2D eigenvalue weighted by atomic mass is 10.2. The van der Waals surface area contributed by atoms with Gasteiger partial charge in [-0.05, 0) is 32.0 Å². The van der Waals surface area contributed by atoms with Gasteiger partial charge in [-0.3, -0.25) is 19.7 Å². The molecule has 1 amide bonds. The van der Waals surface area contributed by atoms with Crippen LogP contribution in [0.5, 0.6) is 0 Å². The standard InChI is InChI=1S/C14H14N4O4/c1-9(2)17-13(19)8-7-12(16-17)14(20)15-10-3-5-11(6-4-10)18(21)22/h3-9H,1-2H3,(H,15,20). The van der Waals surface area contributed by atoms with E-state index in [9.17, 15) is 19.7 Å². The highest BCUT2D eigenvalue weighted by Gasteiger charge is 2.12. The first-order valence-corrected chi connectivity index (χ1v) is 6.54. The highest BCUT2D eigenvalue weighted by molar-refractivity contribution is 6.02. The maximum Gasteiger partial charge on any atom is 0.276 e. The van der Waals surface area contributed by atoms with E-state index < -0.39 is 10.8 Å². The monoisotopic (exact) mass is 302 g/mol. The summed E-state index contributed by atoms with van der Waals surface area (Å²) in [5.41, 5.74) is 0.137. The third kappa shape index (κ3) is 3.35. The topological polar surface area (TPSA) is 107 Å². The number of carbonyl (C=O) groups is 1. The summed E-state index contributed by atoms with van der Waals surface area (Å²) in [6, 6.07) is 7.87. The number of nitro groups is 1. The van der Waals surface area contributed by atoms with Crippen LogP contribution in [0.2, 0.25) is 0 Å². The molecule has 0 unspecified atom stereocenters. The molecule has 2 aromatic rings. The van der Waals surface area contributed by atoms with Crippen molar-refractivity contribution in [3.63, 3.8) is 0 Å². The summed E-state index contributed by atoms with van der Waals surface area (Å²) in [5, 5.41) is 17.1. The number of anilines is 1. The van der Waals surface area contributed by atoms with Gasteiger partial charge in [0.05, 0.1) is 11.0 Å². The lowest BCUT2D eigenvalue weighted by molar-refractivity contribution is -0.384. The summed E-state index contributed by atoms with van der Waals surface area (Å²) < 4.78 is 1.21. The molecular formula is C14H14N4O4. The zero-order chi connectivity index (χ0) is 16.3. The van der Waals surface area contributed by atoms with Crippen molar-refractivity contribution in [3.05, 3.63) is 62.6 Å². The zero-order valence-corrected chi connectivity index (χ0v) is 12.0. The van der Waals surface area contributed by atoms with E-state index in [1.54, 1.807) is 13.8 Å². The number of rotatable bonds is 4. The molecule has 0 saturated heterocycles. The fourth-order valence-corrected chi connectivity index (χ4v) is 1.78. The number of amides is 1. The van der Waals surface area contributed by atoms with Crippen LogP contribution in [-0.2, 0) is 0 Å². The van der Waals surface area contributed by atoms with Gasteiger partial charge >= 0.3 is 0 Å². The molecule has 1 aromatic heterocycles. The second kappa shape index (κ2) is 6.17. The van der Waals surface area contributed by atoms with Crippen molar-refractivity contribution in [2.24, 2.45) is 0 Å². The van der Waals surface area contributed by atoms with E-state index in [0.717, 1.165) is 0 Å². The minimum Gasteiger partial charge on any atom is -0.321 e. The zero-order valence-electron chi connectivity index (χ0n) is 12.0. The first kappa shape index (κ1) is 15.4. The Morgan fingerprint density at radius 3 is 2.41 bits per heavy atom. The summed E-state index contributed by atoms with van der Waals surface area (Å²) in [5.74, 6) is -0.497. The number of benzene rings is 1. The molecule has 8 nitrogen and oxygen atoms in total. The Morgan fingerprint density at radius 2 is 1.86 bits per heavy atom. The Bertz CT molecular complexity index is 765. The van der Waals surface area contributed by atoms with Gasteiger partial charge in [-0.2, -0.15) is 5.10 Å². The minimum atomic E-state index is -0.522. The quantitative estimate of drug-likeness (QED) is 0.686. The molecule has 1 aromatic carbocycles. The Hall–Kier alpha value is -3.03. The van der Waals surface area contributed by atoms with Crippen molar-refractivity contribution in [1.29, 1.82) is 0 Å². The second-order valence-electron chi connectivity index (χ2n) is 4.85. The fraction of sp³-hybridized carbons (Fsp3) is 0.214. The highest BCUT2D eigenvalue weighted by Crippen LogP contribution is 2.15. The van der Waals surface area contributed by atoms with Gasteiger partial charge in [-0.1, -0.05) is 0 Å². The SMILES string of the molecule is CC(C)n1nc(C(=O)Nc2ccc([N+](=O)[O-])cc2)ccc1=O. The number of aromatic nitrogens is 2. The first-order valence-electron chi connectivity index (χ1n) is 6.54. The van der Waals surface area contributed by atoms with Crippen molar-refractivity contribution in [3.8, 4) is 0 Å². The normalized spacial score (nSPS) is 10.5. The lowest BCUT2D eigenvalue weighted by Gasteiger charge is -2.10. The molecule has 0 bridgehead atoms. The van der Waals surface area contributed by atoms with Crippen molar-refractivity contribution in [2.45, 2.75) is 19.9 Å². The molecule has 0 aliphatic rings. The van der Waals surface area contributed by atoms with E-state index >= 15 is 0 Å². The fourth-order valence-electron chi connectivity index (χ4n) is 1.78. The molecule has 0 spiro atoms. The van der Waals surface area contributed by atoms with E-state index in [2.05, 4.69) is 10.4 Å². The molecule has 114 valence electrons. The summed E-state index contributed by atoms with van der Waals surface area (Å²) in [6.45, 7) is 3.57. The summed E-state index contributed by atoms with van der Waals surface area (Å²) >= 11 is 0. The predicted octanol–water partition coefficient (Wildman–Crippen LogP) is 1.98. The molecular weight excluding hydrogens is 288 g/mol. The van der Waals surface area contributed by atoms with Gasteiger partial charge in [0.2, 0.25) is 0 Å². The maximum absolute atomic E-state index is 12.1. The van der Waals surface area contributed by atoms with Gasteiger partial charge in [0.1, 0.15) is 5.69 Å². The van der Waals surface area contributed by atoms with E-state index in [4.69, 9.17) is 0 Å². The van der Waals surface area contributed by atoms with Crippen LogP contribution in [0.4, 0.5) is 11.4 Å². The molecule has 1 N–H and O–H groups in total. The van der Waals surface area contributed by atoms with Gasteiger partial charge in [0.15, 0.2) is 0 Å². The molecule has 22 heavy (non-hydrogen) atoms. The van der Waals surface area contributed by atoms with Gasteiger partial charge < -0.3 is 5.32 Å². The van der Waals surface area contributed by atoms with Crippen LogP contribution in [0.15, 0.2) is 41.2 Å². The van der Waals surface area contributed by atoms with E-state index in [1.807, 2.05) is 0 Å². The predicted molar refractivity (Wildman–Crippen MR) is 79.9 cm³/mol. The van der Waals surface area contributed by atoms with E-state index in [-0.39, 0.29) is 23.0 Å². The van der Waals surface area contributed by atoms with Crippen molar-refractivity contribution in [1.82, 2.24) is 9.78 Å². The molecule has 2 rings (SSSR count). The molecule has 0 aliphatic heterocycles. The number of carbonyl (C=O) groups excluding carboxylic acids is 1. The molecule has 0 radical (unpaired) electrons. The van der Waals surface area contributed by atoms with Crippen molar-refractivity contribution in [2.75, 3.05) is 5.32 Å². The summed E-state index contributed by atoms with van der Waals surface area (Å²) in [6.07, 6.45) is 0. The number of hydrogen-bond donors (Lipinski definition) is 1. The molecule has 0 saturated carbocycles. The van der Waals surface area contributed by atoms with Crippen LogP contribution >= 0.6 is 0 Å². The molecule has 0 atom stereocenters.